The zero-order valence-electron chi connectivity index (χ0n) is 5.82. The Kier molecular flexibility index (Phi) is 1.25. The molecule has 2 aromatic rings. The summed E-state index contributed by atoms with van der Waals surface area (Å²) in [4.78, 5) is 10.3. The number of rotatable bonds is 1. The summed E-state index contributed by atoms with van der Waals surface area (Å²) in [6.07, 6.45) is 5.62. The van der Waals surface area contributed by atoms with E-state index in [9.17, 15) is 4.79 Å². The van der Waals surface area contributed by atoms with Crippen molar-refractivity contribution in [2.24, 2.45) is 0 Å². The molecule has 0 fully saturated rings. The van der Waals surface area contributed by atoms with Crippen molar-refractivity contribution < 1.29 is 4.79 Å². The second kappa shape index (κ2) is 2.23. The fourth-order valence-electron chi connectivity index (χ4n) is 1.14. The zero-order chi connectivity index (χ0) is 7.68. The maximum atomic E-state index is 10.3. The maximum Gasteiger partial charge on any atom is 0.235 e. The summed E-state index contributed by atoms with van der Waals surface area (Å²) in [6.45, 7) is 0. The predicted octanol–water partition coefficient (Wildman–Crippen LogP) is 1.40. The van der Waals surface area contributed by atoms with Crippen LogP contribution in [0.1, 0.15) is 5.56 Å². The first-order valence-electron chi connectivity index (χ1n) is 3.35. The van der Waals surface area contributed by atoms with Crippen LogP contribution in [0.3, 0.4) is 0 Å². The van der Waals surface area contributed by atoms with Crippen molar-refractivity contribution in [3.8, 4) is 0 Å². The molecule has 0 aliphatic carbocycles. The molecule has 1 radical (unpaired) electrons. The standard InChI is InChI=1S/C9H6NO/c11-7-8-4-6-10-5-2-1-3-9(8)10/h1-6H. The fraction of sp³-hybridized carbons (Fsp3) is 0. The van der Waals surface area contributed by atoms with Gasteiger partial charge in [-0.05, 0) is 18.2 Å². The van der Waals surface area contributed by atoms with E-state index in [-0.39, 0.29) is 0 Å². The molecule has 2 rings (SSSR count). The van der Waals surface area contributed by atoms with Crippen LogP contribution in [0.5, 0.6) is 0 Å². The Hall–Kier alpha value is -1.57. The summed E-state index contributed by atoms with van der Waals surface area (Å²) in [6, 6.07) is 7.46. The van der Waals surface area contributed by atoms with Gasteiger partial charge < -0.3 is 4.40 Å². The number of aromatic nitrogens is 1. The quantitative estimate of drug-likeness (QED) is 0.592. The molecule has 0 bridgehead atoms. The predicted molar refractivity (Wildman–Crippen MR) is 42.2 cm³/mol. The first kappa shape index (κ1) is 6.16. The molecule has 0 spiro atoms. The lowest BCUT2D eigenvalue weighted by molar-refractivity contribution is 0.563. The number of hydrogen-bond donors (Lipinski definition) is 0. The van der Waals surface area contributed by atoms with Crippen LogP contribution in [0.2, 0.25) is 0 Å². The summed E-state index contributed by atoms with van der Waals surface area (Å²) < 4.78 is 1.89. The van der Waals surface area contributed by atoms with Gasteiger partial charge in [-0.25, -0.2) is 0 Å². The lowest BCUT2D eigenvalue weighted by atomic mass is 10.3. The van der Waals surface area contributed by atoms with Gasteiger partial charge >= 0.3 is 0 Å². The Bertz CT molecular complexity index is 389. The number of pyridine rings is 1. The highest BCUT2D eigenvalue weighted by Gasteiger charge is 1.98. The van der Waals surface area contributed by atoms with Gasteiger partial charge in [0.15, 0.2) is 0 Å². The molecular weight excluding hydrogens is 138 g/mol. The number of carbonyl (C=O) groups excluding carboxylic acids is 1. The first-order chi connectivity index (χ1) is 5.42. The van der Waals surface area contributed by atoms with Crippen molar-refractivity contribution in [2.45, 2.75) is 0 Å². The van der Waals surface area contributed by atoms with Crippen molar-refractivity contribution in [3.63, 3.8) is 0 Å². The lowest BCUT2D eigenvalue weighted by Crippen LogP contribution is -1.81. The summed E-state index contributed by atoms with van der Waals surface area (Å²) >= 11 is 0. The molecule has 0 saturated carbocycles. The van der Waals surface area contributed by atoms with Gasteiger partial charge in [0, 0.05) is 12.4 Å². The Morgan fingerprint density at radius 3 is 2.91 bits per heavy atom. The summed E-state index contributed by atoms with van der Waals surface area (Å²) in [5.41, 5.74) is 1.52. The average Bonchev–Trinajstić information content (AvgIpc) is 2.47. The van der Waals surface area contributed by atoms with E-state index in [1.807, 2.05) is 41.3 Å². The molecule has 2 nitrogen and oxygen atoms in total. The number of hydrogen-bond acceptors (Lipinski definition) is 1. The van der Waals surface area contributed by atoms with Gasteiger partial charge in [0.25, 0.3) is 0 Å². The van der Waals surface area contributed by atoms with Crippen LogP contribution in [0.4, 0.5) is 0 Å². The van der Waals surface area contributed by atoms with E-state index in [1.165, 1.54) is 0 Å². The van der Waals surface area contributed by atoms with E-state index >= 15 is 0 Å². The van der Waals surface area contributed by atoms with Gasteiger partial charge in [-0.1, -0.05) is 6.07 Å². The van der Waals surface area contributed by atoms with E-state index in [0.29, 0.717) is 5.56 Å². The van der Waals surface area contributed by atoms with Gasteiger partial charge in [0.05, 0.1) is 11.1 Å². The molecular formula is C9H6NO. The Labute approximate surface area is 64.1 Å². The van der Waals surface area contributed by atoms with Crippen LogP contribution in [0, 0.1) is 0 Å². The van der Waals surface area contributed by atoms with Gasteiger partial charge in [0.2, 0.25) is 6.29 Å². The largest absolute Gasteiger partial charge is 0.323 e. The minimum atomic E-state index is 0.616. The van der Waals surface area contributed by atoms with Crippen LogP contribution in [-0.2, 0) is 4.79 Å². The molecule has 0 atom stereocenters. The molecule has 0 saturated heterocycles. The molecule has 0 aliphatic heterocycles. The fourth-order valence-corrected chi connectivity index (χ4v) is 1.14. The van der Waals surface area contributed by atoms with Crippen molar-refractivity contribution >= 4 is 11.8 Å². The van der Waals surface area contributed by atoms with E-state index in [1.54, 1.807) is 6.07 Å². The van der Waals surface area contributed by atoms with Crippen molar-refractivity contribution in [1.82, 2.24) is 4.40 Å². The normalized spacial score (nSPS) is 10.2. The van der Waals surface area contributed by atoms with Crippen LogP contribution >= 0.6 is 0 Å². The van der Waals surface area contributed by atoms with Crippen LogP contribution in [0.25, 0.3) is 5.52 Å². The topological polar surface area (TPSA) is 21.5 Å². The Morgan fingerprint density at radius 2 is 2.09 bits per heavy atom. The highest BCUT2D eigenvalue weighted by Crippen LogP contribution is 2.08. The monoisotopic (exact) mass is 144 g/mol. The summed E-state index contributed by atoms with van der Waals surface area (Å²) in [7, 11) is 0. The van der Waals surface area contributed by atoms with Gasteiger partial charge in [-0.3, -0.25) is 4.79 Å². The minimum absolute atomic E-state index is 0.616. The molecule has 53 valence electrons. The van der Waals surface area contributed by atoms with Crippen molar-refractivity contribution in [2.75, 3.05) is 0 Å². The number of fused-ring (bicyclic) bond motifs is 1. The van der Waals surface area contributed by atoms with Crippen LogP contribution in [0.15, 0.2) is 36.7 Å². The van der Waals surface area contributed by atoms with Crippen LogP contribution in [-0.4, -0.2) is 10.7 Å². The Balaban J connectivity index is 2.86. The third kappa shape index (κ3) is 0.835. The molecule has 0 aliphatic rings. The van der Waals surface area contributed by atoms with Gasteiger partial charge in [-0.2, -0.15) is 0 Å². The van der Waals surface area contributed by atoms with Crippen molar-refractivity contribution in [1.29, 1.82) is 0 Å². The maximum absolute atomic E-state index is 10.3. The van der Waals surface area contributed by atoms with Crippen LogP contribution < -0.4 is 0 Å². The molecule has 0 unspecified atom stereocenters. The van der Waals surface area contributed by atoms with E-state index < -0.39 is 0 Å². The molecule has 2 aromatic heterocycles. The lowest BCUT2D eigenvalue weighted by Gasteiger charge is -1.90. The van der Waals surface area contributed by atoms with E-state index in [2.05, 4.69) is 0 Å². The molecule has 0 amide bonds. The van der Waals surface area contributed by atoms with E-state index in [0.717, 1.165) is 5.52 Å². The van der Waals surface area contributed by atoms with Crippen molar-refractivity contribution in [3.05, 3.63) is 42.2 Å². The minimum Gasteiger partial charge on any atom is -0.323 e. The first-order valence-corrected chi connectivity index (χ1v) is 3.35. The summed E-state index contributed by atoms with van der Waals surface area (Å²) in [5.74, 6) is 0. The second-order valence-corrected chi connectivity index (χ2v) is 2.32. The smallest absolute Gasteiger partial charge is 0.235 e. The second-order valence-electron chi connectivity index (χ2n) is 2.32. The number of nitrogens with zero attached hydrogens (tertiary/aromatic N) is 1. The average molecular weight is 144 g/mol. The SMILES string of the molecule is O=[C]c1ccn2ccccc12. The highest BCUT2D eigenvalue weighted by molar-refractivity contribution is 5.86. The molecule has 0 aromatic carbocycles. The third-order valence-corrected chi connectivity index (χ3v) is 1.68. The molecule has 0 N–H and O–H groups in total. The van der Waals surface area contributed by atoms with Gasteiger partial charge in [0.1, 0.15) is 0 Å². The van der Waals surface area contributed by atoms with Gasteiger partial charge in [-0.15, -0.1) is 0 Å². The third-order valence-electron chi connectivity index (χ3n) is 1.68. The van der Waals surface area contributed by atoms with E-state index in [4.69, 9.17) is 0 Å². The molecule has 11 heavy (non-hydrogen) atoms. The zero-order valence-corrected chi connectivity index (χ0v) is 5.82. The molecule has 2 heterocycles. The summed E-state index contributed by atoms with van der Waals surface area (Å²) in [5, 5.41) is 0. The molecule has 2 heteroatoms. The Morgan fingerprint density at radius 1 is 1.18 bits per heavy atom. The highest BCUT2D eigenvalue weighted by atomic mass is 16.1.